The predicted octanol–water partition coefficient (Wildman–Crippen LogP) is 0.553. The summed E-state index contributed by atoms with van der Waals surface area (Å²) in [4.78, 5) is 23.0. The predicted molar refractivity (Wildman–Crippen MR) is 73.4 cm³/mol. The average molecular weight is 271 g/mol. The summed E-state index contributed by atoms with van der Waals surface area (Å²) in [6, 6.07) is 2.03. The van der Waals surface area contributed by atoms with Crippen LogP contribution in [0.25, 0.3) is 5.52 Å². The van der Waals surface area contributed by atoms with E-state index >= 15 is 0 Å². The fraction of sp³-hybridized carbons (Fsp3) is 0.500. The summed E-state index contributed by atoms with van der Waals surface area (Å²) in [7, 11) is 0. The molecule has 3 unspecified atom stereocenters. The molecule has 2 saturated heterocycles. The molecule has 2 aromatic heterocycles. The first kappa shape index (κ1) is 11.8. The summed E-state index contributed by atoms with van der Waals surface area (Å²) in [5.74, 6) is 0.667. The van der Waals surface area contributed by atoms with Gasteiger partial charge in [0, 0.05) is 19.1 Å². The summed E-state index contributed by atoms with van der Waals surface area (Å²) in [6.07, 6.45) is 7.40. The van der Waals surface area contributed by atoms with Crippen LogP contribution in [0.15, 0.2) is 24.9 Å². The summed E-state index contributed by atoms with van der Waals surface area (Å²) in [6.45, 7) is 3.35. The smallest absolute Gasteiger partial charge is 0.270 e. The maximum Gasteiger partial charge on any atom is 0.270 e. The normalized spacial score (nSPS) is 28.7. The molecule has 6 nitrogen and oxygen atoms in total. The van der Waals surface area contributed by atoms with Crippen molar-refractivity contribution in [1.82, 2.24) is 24.6 Å². The fourth-order valence-corrected chi connectivity index (χ4v) is 3.37. The Bertz CT molecular complexity index is 640. The first-order valence-corrected chi connectivity index (χ1v) is 7.09. The van der Waals surface area contributed by atoms with Crippen LogP contribution in [0.1, 0.15) is 23.3 Å². The number of piperidine rings is 1. The third-order valence-electron chi connectivity index (χ3n) is 4.34. The van der Waals surface area contributed by atoms with Crippen molar-refractivity contribution in [3.63, 3.8) is 0 Å². The number of hydrogen-bond acceptors (Lipinski definition) is 4. The van der Waals surface area contributed by atoms with Crippen molar-refractivity contribution in [1.29, 1.82) is 0 Å². The molecule has 2 aliphatic rings. The molecule has 6 heteroatoms. The standard InChI is InChI=1S/C14H17N5O/c20-14(13-4-12-5-15-8-19(12)9-16-13)17-11-3-10-1-2-18(6-10)7-11/h4-5,8-11H,1-3,6-7H2,(H,17,20). The van der Waals surface area contributed by atoms with Crippen molar-refractivity contribution in [2.24, 2.45) is 5.92 Å². The van der Waals surface area contributed by atoms with E-state index in [2.05, 4.69) is 20.2 Å². The highest BCUT2D eigenvalue weighted by Crippen LogP contribution is 2.26. The highest BCUT2D eigenvalue weighted by molar-refractivity contribution is 5.93. The van der Waals surface area contributed by atoms with Crippen LogP contribution in [0.5, 0.6) is 0 Å². The van der Waals surface area contributed by atoms with Gasteiger partial charge in [-0.15, -0.1) is 0 Å². The van der Waals surface area contributed by atoms with Gasteiger partial charge in [-0.2, -0.15) is 0 Å². The number of carbonyl (C=O) groups is 1. The van der Waals surface area contributed by atoms with E-state index in [-0.39, 0.29) is 11.9 Å². The lowest BCUT2D eigenvalue weighted by atomic mass is 9.97. The third-order valence-corrected chi connectivity index (χ3v) is 4.34. The SMILES string of the molecule is O=C(NC1CC2CCN(C2)C1)c1cc2cncn2cn1. The van der Waals surface area contributed by atoms with Gasteiger partial charge in [0.2, 0.25) is 0 Å². The van der Waals surface area contributed by atoms with Gasteiger partial charge < -0.3 is 10.2 Å². The Kier molecular flexibility index (Phi) is 2.70. The number of nitrogens with zero attached hydrogens (tertiary/aromatic N) is 4. The Balaban J connectivity index is 1.49. The average Bonchev–Trinajstić information content (AvgIpc) is 3.04. The van der Waals surface area contributed by atoms with E-state index < -0.39 is 0 Å². The molecule has 4 heterocycles. The number of imidazole rings is 1. The van der Waals surface area contributed by atoms with E-state index in [0.29, 0.717) is 5.69 Å². The Morgan fingerprint density at radius 2 is 2.30 bits per heavy atom. The lowest BCUT2D eigenvalue weighted by Crippen LogP contribution is -2.47. The highest BCUT2D eigenvalue weighted by atomic mass is 16.1. The van der Waals surface area contributed by atoms with Crippen molar-refractivity contribution in [2.45, 2.75) is 18.9 Å². The topological polar surface area (TPSA) is 62.5 Å². The van der Waals surface area contributed by atoms with Crippen LogP contribution in [0.3, 0.4) is 0 Å². The van der Waals surface area contributed by atoms with Crippen LogP contribution in [-0.2, 0) is 0 Å². The number of hydrogen-bond donors (Lipinski definition) is 1. The molecule has 20 heavy (non-hydrogen) atoms. The molecule has 0 aliphatic carbocycles. The minimum atomic E-state index is -0.0822. The van der Waals surface area contributed by atoms with Gasteiger partial charge in [0.15, 0.2) is 0 Å². The van der Waals surface area contributed by atoms with Crippen LogP contribution in [0.4, 0.5) is 0 Å². The minimum absolute atomic E-state index is 0.0822. The van der Waals surface area contributed by atoms with Gasteiger partial charge in [-0.1, -0.05) is 0 Å². The summed E-state index contributed by atoms with van der Waals surface area (Å²) < 4.78 is 1.79. The molecule has 1 amide bonds. The van der Waals surface area contributed by atoms with E-state index in [1.165, 1.54) is 19.5 Å². The molecule has 2 fully saturated rings. The molecular formula is C14H17N5O. The molecule has 104 valence electrons. The van der Waals surface area contributed by atoms with Gasteiger partial charge in [-0.25, -0.2) is 9.97 Å². The molecule has 0 spiro atoms. The van der Waals surface area contributed by atoms with Gasteiger partial charge in [0.25, 0.3) is 5.91 Å². The van der Waals surface area contributed by atoms with Crippen molar-refractivity contribution in [3.05, 3.63) is 30.6 Å². The second-order valence-corrected chi connectivity index (χ2v) is 5.82. The Morgan fingerprint density at radius 3 is 3.20 bits per heavy atom. The largest absolute Gasteiger partial charge is 0.347 e. The molecule has 3 atom stereocenters. The molecule has 0 radical (unpaired) electrons. The van der Waals surface area contributed by atoms with Crippen LogP contribution in [-0.4, -0.2) is 50.9 Å². The Morgan fingerprint density at radius 1 is 1.35 bits per heavy atom. The summed E-state index contributed by atoms with van der Waals surface area (Å²) in [5, 5.41) is 3.12. The number of aromatic nitrogens is 3. The Hall–Kier alpha value is -1.95. The van der Waals surface area contributed by atoms with Gasteiger partial charge >= 0.3 is 0 Å². The fourth-order valence-electron chi connectivity index (χ4n) is 3.37. The molecule has 1 N–H and O–H groups in total. The zero-order valence-electron chi connectivity index (χ0n) is 11.2. The van der Waals surface area contributed by atoms with E-state index in [1.807, 2.05) is 0 Å². The van der Waals surface area contributed by atoms with Crippen LogP contribution >= 0.6 is 0 Å². The molecule has 2 aliphatic heterocycles. The third kappa shape index (κ3) is 2.06. The van der Waals surface area contributed by atoms with Gasteiger partial charge in [-0.05, 0) is 31.4 Å². The summed E-state index contributed by atoms with van der Waals surface area (Å²) in [5.41, 5.74) is 1.35. The second-order valence-electron chi connectivity index (χ2n) is 5.82. The maximum atomic E-state index is 12.3. The van der Waals surface area contributed by atoms with E-state index in [9.17, 15) is 4.79 Å². The highest BCUT2D eigenvalue weighted by Gasteiger charge is 2.33. The zero-order valence-corrected chi connectivity index (χ0v) is 11.2. The van der Waals surface area contributed by atoms with Crippen molar-refractivity contribution < 1.29 is 4.79 Å². The monoisotopic (exact) mass is 271 g/mol. The lowest BCUT2D eigenvalue weighted by molar-refractivity contribution is 0.0904. The first-order valence-electron chi connectivity index (χ1n) is 7.09. The van der Waals surface area contributed by atoms with E-state index in [4.69, 9.17) is 0 Å². The second kappa shape index (κ2) is 4.56. The quantitative estimate of drug-likeness (QED) is 0.866. The summed E-state index contributed by atoms with van der Waals surface area (Å²) >= 11 is 0. The number of carbonyl (C=O) groups excluding carboxylic acids is 1. The minimum Gasteiger partial charge on any atom is -0.347 e. The van der Waals surface area contributed by atoms with Gasteiger partial charge in [0.05, 0.1) is 11.7 Å². The van der Waals surface area contributed by atoms with Crippen molar-refractivity contribution in [3.8, 4) is 0 Å². The molecule has 2 aromatic rings. The van der Waals surface area contributed by atoms with Crippen LogP contribution in [0, 0.1) is 5.92 Å². The van der Waals surface area contributed by atoms with Gasteiger partial charge in [0.1, 0.15) is 18.3 Å². The van der Waals surface area contributed by atoms with E-state index in [0.717, 1.165) is 24.4 Å². The maximum absolute atomic E-state index is 12.3. The molecule has 4 rings (SSSR count). The lowest BCUT2D eigenvalue weighted by Gasteiger charge is -2.30. The molecular weight excluding hydrogens is 254 g/mol. The van der Waals surface area contributed by atoms with Crippen molar-refractivity contribution in [2.75, 3.05) is 19.6 Å². The van der Waals surface area contributed by atoms with Crippen LogP contribution in [0.2, 0.25) is 0 Å². The number of amides is 1. The Labute approximate surface area is 116 Å². The van der Waals surface area contributed by atoms with E-state index in [1.54, 1.807) is 29.3 Å². The van der Waals surface area contributed by atoms with Gasteiger partial charge in [-0.3, -0.25) is 9.20 Å². The molecule has 0 aromatic carbocycles. The molecule has 0 saturated carbocycles. The number of fused-ring (bicyclic) bond motifs is 3. The van der Waals surface area contributed by atoms with Crippen LogP contribution < -0.4 is 5.32 Å². The molecule has 2 bridgehead atoms. The number of rotatable bonds is 2. The first-order chi connectivity index (χ1) is 9.78. The zero-order chi connectivity index (χ0) is 13.5. The van der Waals surface area contributed by atoms with Crippen molar-refractivity contribution >= 4 is 11.4 Å². The number of nitrogens with one attached hydrogen (secondary N) is 1.